The van der Waals surface area contributed by atoms with Crippen molar-refractivity contribution in [2.75, 3.05) is 0 Å². The first kappa shape index (κ1) is 10.1. The molecule has 1 aliphatic rings. The molecule has 0 amide bonds. The summed E-state index contributed by atoms with van der Waals surface area (Å²) in [5, 5.41) is 6.60. The minimum atomic E-state index is 0.403. The van der Waals surface area contributed by atoms with Crippen LogP contribution in [0.4, 0.5) is 0 Å². The molecule has 0 radical (unpaired) electrons. The molecule has 0 aliphatic carbocycles. The summed E-state index contributed by atoms with van der Waals surface area (Å²) in [5.74, 6) is 0. The van der Waals surface area contributed by atoms with Crippen molar-refractivity contribution in [2.45, 2.75) is 0 Å². The van der Waals surface area contributed by atoms with E-state index in [1.54, 1.807) is 0 Å². The maximum absolute atomic E-state index is 5.50. The van der Waals surface area contributed by atoms with Crippen LogP contribution >= 0.6 is 8.81 Å². The fourth-order valence-electron chi connectivity index (χ4n) is 2.65. The number of hydrogen-bond acceptors (Lipinski definition) is 1. The molecule has 1 heterocycles. The summed E-state index contributed by atoms with van der Waals surface area (Å²) in [5.41, 5.74) is 1.31. The van der Waals surface area contributed by atoms with Gasteiger partial charge in [0.2, 0.25) is 0 Å². The van der Waals surface area contributed by atoms with E-state index in [9.17, 15) is 0 Å². The predicted molar refractivity (Wildman–Crippen MR) is 79.5 cm³/mol. The third-order valence-corrected chi connectivity index (χ3v) is 4.43. The van der Waals surface area contributed by atoms with Crippen LogP contribution in [0, 0.1) is 0 Å². The molecule has 2 heteroatoms. The zero-order valence-electron chi connectivity index (χ0n) is 9.68. The third kappa shape index (κ3) is 1.31. The van der Waals surface area contributed by atoms with E-state index in [1.165, 1.54) is 32.4 Å². The van der Waals surface area contributed by atoms with Crippen LogP contribution in [0.2, 0.25) is 0 Å². The second-order valence-electron chi connectivity index (χ2n) is 4.40. The summed E-state index contributed by atoms with van der Waals surface area (Å²) >= 11 is 0. The molecule has 0 saturated carbocycles. The highest BCUT2D eigenvalue weighted by Crippen LogP contribution is 2.34. The molecular weight excluding hydrogens is 239 g/mol. The van der Waals surface area contributed by atoms with E-state index < -0.39 is 0 Å². The highest BCUT2D eigenvalue weighted by atomic mass is 31.1. The highest BCUT2D eigenvalue weighted by molar-refractivity contribution is 7.43. The molecule has 4 rings (SSSR count). The summed E-state index contributed by atoms with van der Waals surface area (Å²) in [6.07, 6.45) is 3.89. The van der Waals surface area contributed by atoms with Gasteiger partial charge in [0.15, 0.2) is 0 Å². The molecule has 0 spiro atoms. The molecule has 0 saturated heterocycles. The Labute approximate surface area is 107 Å². The van der Waals surface area contributed by atoms with E-state index in [4.69, 9.17) is 4.52 Å². The molecule has 0 bridgehead atoms. The smallest absolute Gasteiger partial charge is 0.105 e. The molecule has 3 aromatic carbocycles. The van der Waals surface area contributed by atoms with Crippen LogP contribution in [0.1, 0.15) is 5.56 Å². The predicted octanol–water partition coefficient (Wildman–Crippen LogP) is 4.21. The fraction of sp³-hybridized carbons (Fsp3) is 0. The molecule has 18 heavy (non-hydrogen) atoms. The van der Waals surface area contributed by atoms with E-state index in [2.05, 4.69) is 54.6 Å². The Bertz CT molecular complexity index is 790. The summed E-state index contributed by atoms with van der Waals surface area (Å²) in [6, 6.07) is 17.2. The van der Waals surface area contributed by atoms with E-state index in [0.717, 1.165) is 0 Å². The van der Waals surface area contributed by atoms with Crippen LogP contribution in [-0.2, 0) is 4.52 Å². The van der Waals surface area contributed by atoms with Crippen molar-refractivity contribution in [3.05, 3.63) is 60.4 Å². The van der Waals surface area contributed by atoms with E-state index in [1.807, 2.05) is 6.26 Å². The normalized spacial score (nSPS) is 14.9. The summed E-state index contributed by atoms with van der Waals surface area (Å²) in [4.78, 5) is 0. The zero-order chi connectivity index (χ0) is 11.9. The second kappa shape index (κ2) is 3.83. The molecule has 0 N–H and O–H groups in total. The van der Waals surface area contributed by atoms with Crippen LogP contribution in [0.5, 0.6) is 0 Å². The maximum Gasteiger partial charge on any atom is 0.105 e. The van der Waals surface area contributed by atoms with Gasteiger partial charge < -0.3 is 4.52 Å². The molecule has 86 valence electrons. The van der Waals surface area contributed by atoms with Crippen molar-refractivity contribution in [2.24, 2.45) is 0 Å². The van der Waals surface area contributed by atoms with Crippen LogP contribution in [-0.4, -0.2) is 0 Å². The summed E-state index contributed by atoms with van der Waals surface area (Å²) < 4.78 is 5.50. The van der Waals surface area contributed by atoms with Crippen molar-refractivity contribution in [3.63, 3.8) is 0 Å². The van der Waals surface area contributed by atoms with Gasteiger partial charge in [0, 0.05) is 5.30 Å². The SMILES string of the molecule is C1=Cc2c(c3ccccc3c3ccccc23)PO1. The second-order valence-corrected chi connectivity index (χ2v) is 5.34. The maximum atomic E-state index is 5.50. The summed E-state index contributed by atoms with van der Waals surface area (Å²) in [6.45, 7) is 0. The van der Waals surface area contributed by atoms with Crippen LogP contribution in [0.15, 0.2) is 54.8 Å². The Hall–Kier alpha value is -1.85. The number of fused-ring (bicyclic) bond motifs is 6. The Morgan fingerprint density at radius 2 is 1.33 bits per heavy atom. The quantitative estimate of drug-likeness (QED) is 0.429. The topological polar surface area (TPSA) is 9.23 Å². The molecule has 1 unspecified atom stereocenters. The van der Waals surface area contributed by atoms with Gasteiger partial charge in [-0.15, -0.1) is 0 Å². The van der Waals surface area contributed by atoms with Crippen molar-refractivity contribution in [3.8, 4) is 0 Å². The average Bonchev–Trinajstić information content (AvgIpc) is 2.48. The molecule has 3 aromatic rings. The van der Waals surface area contributed by atoms with Crippen LogP contribution in [0.3, 0.4) is 0 Å². The van der Waals surface area contributed by atoms with Gasteiger partial charge in [0.05, 0.1) is 6.26 Å². The highest BCUT2D eigenvalue weighted by Gasteiger charge is 2.14. The van der Waals surface area contributed by atoms with Crippen LogP contribution < -0.4 is 5.30 Å². The Morgan fingerprint density at radius 3 is 2.11 bits per heavy atom. The van der Waals surface area contributed by atoms with Crippen molar-refractivity contribution >= 4 is 41.7 Å². The van der Waals surface area contributed by atoms with Gasteiger partial charge in [-0.1, -0.05) is 48.5 Å². The molecule has 0 aromatic heterocycles. The van der Waals surface area contributed by atoms with E-state index in [-0.39, 0.29) is 0 Å². The lowest BCUT2D eigenvalue weighted by Crippen LogP contribution is -2.06. The molecular formula is C16H11OP. The van der Waals surface area contributed by atoms with Gasteiger partial charge >= 0.3 is 0 Å². The van der Waals surface area contributed by atoms with Crippen molar-refractivity contribution in [1.29, 1.82) is 0 Å². The number of hydrogen-bond donors (Lipinski definition) is 0. The Balaban J connectivity index is 2.33. The van der Waals surface area contributed by atoms with Crippen molar-refractivity contribution in [1.82, 2.24) is 0 Å². The zero-order valence-corrected chi connectivity index (χ0v) is 10.7. The van der Waals surface area contributed by atoms with Gasteiger partial charge in [0.25, 0.3) is 0 Å². The first-order valence-corrected chi connectivity index (χ1v) is 6.87. The lowest BCUT2D eigenvalue weighted by atomic mass is 9.97. The lowest BCUT2D eigenvalue weighted by Gasteiger charge is -2.17. The average molecular weight is 250 g/mol. The minimum absolute atomic E-state index is 0.403. The van der Waals surface area contributed by atoms with Crippen molar-refractivity contribution < 1.29 is 4.52 Å². The van der Waals surface area contributed by atoms with Gasteiger partial charge in [-0.05, 0) is 33.2 Å². The van der Waals surface area contributed by atoms with Gasteiger partial charge in [-0.2, -0.15) is 0 Å². The minimum Gasteiger partial charge on any atom is -0.480 e. The van der Waals surface area contributed by atoms with Gasteiger partial charge in [-0.3, -0.25) is 0 Å². The van der Waals surface area contributed by atoms with E-state index >= 15 is 0 Å². The molecule has 1 atom stereocenters. The van der Waals surface area contributed by atoms with E-state index in [0.29, 0.717) is 8.81 Å². The lowest BCUT2D eigenvalue weighted by molar-refractivity contribution is 0.560. The first-order chi connectivity index (χ1) is 8.95. The molecule has 0 fully saturated rings. The molecule has 1 nitrogen and oxygen atoms in total. The summed E-state index contributed by atoms with van der Waals surface area (Å²) in [7, 11) is 0.403. The Kier molecular flexibility index (Phi) is 2.15. The first-order valence-electron chi connectivity index (χ1n) is 5.97. The largest absolute Gasteiger partial charge is 0.480 e. The monoisotopic (exact) mass is 250 g/mol. The third-order valence-electron chi connectivity index (χ3n) is 3.44. The fourth-order valence-corrected chi connectivity index (χ4v) is 3.56. The molecule has 1 aliphatic heterocycles. The standard InChI is InChI=1S/C16H11OP/c1-2-7-13-11(5-1)12-6-3-4-8-14(12)16-15(13)9-10-17-18-16/h1-10,18H. The number of benzene rings is 3. The number of rotatable bonds is 0. The van der Waals surface area contributed by atoms with Crippen LogP contribution in [0.25, 0.3) is 27.6 Å². The van der Waals surface area contributed by atoms with Gasteiger partial charge in [-0.25, -0.2) is 0 Å². The van der Waals surface area contributed by atoms with Gasteiger partial charge in [0.1, 0.15) is 8.81 Å². The Morgan fingerprint density at radius 1 is 0.722 bits per heavy atom.